The largest absolute Gasteiger partial charge is 0.341 e. The van der Waals surface area contributed by atoms with Crippen molar-refractivity contribution in [1.82, 2.24) is 14.5 Å². The van der Waals surface area contributed by atoms with Gasteiger partial charge in [0.1, 0.15) is 11.4 Å². The number of likely N-dealkylation sites (N-methyl/N-ethyl adjacent to an activating group) is 1. The molecule has 0 spiro atoms. The first-order valence-electron chi connectivity index (χ1n) is 9.40. The molecular weight excluding hydrogens is 334 g/mol. The molecule has 0 bridgehead atoms. The molecule has 5 nitrogen and oxygen atoms in total. The molecule has 0 aliphatic heterocycles. The van der Waals surface area contributed by atoms with E-state index in [2.05, 4.69) is 4.98 Å². The van der Waals surface area contributed by atoms with Crippen LogP contribution in [-0.2, 0) is 24.2 Å². The predicted molar refractivity (Wildman–Crippen MR) is 100 cm³/mol. The zero-order chi connectivity index (χ0) is 17.4. The lowest BCUT2D eigenvalue weighted by Gasteiger charge is -2.31. The standard InChI is InChI=1S/C19H25N3O2S/c1-21(13-7-3-2-4-8-13)16(23)11-22-12-20-18-17(19(22)24)14-9-5-6-10-15(14)25-18/h12-13H,2-11H2,1H3. The summed E-state index contributed by atoms with van der Waals surface area (Å²) in [5.41, 5.74) is 1.14. The van der Waals surface area contributed by atoms with Crippen molar-refractivity contribution < 1.29 is 4.79 Å². The summed E-state index contributed by atoms with van der Waals surface area (Å²) in [6.45, 7) is 0.0966. The minimum absolute atomic E-state index is 0.0132. The normalized spacial score (nSPS) is 18.3. The summed E-state index contributed by atoms with van der Waals surface area (Å²) >= 11 is 1.65. The topological polar surface area (TPSA) is 55.2 Å². The molecule has 4 rings (SSSR count). The molecule has 0 radical (unpaired) electrons. The highest BCUT2D eigenvalue weighted by Gasteiger charge is 2.24. The number of hydrogen-bond acceptors (Lipinski definition) is 4. The van der Waals surface area contributed by atoms with E-state index in [1.165, 1.54) is 40.7 Å². The van der Waals surface area contributed by atoms with E-state index in [0.29, 0.717) is 6.04 Å². The van der Waals surface area contributed by atoms with Gasteiger partial charge < -0.3 is 4.90 Å². The van der Waals surface area contributed by atoms with Crippen LogP contribution < -0.4 is 5.56 Å². The fraction of sp³-hybridized carbons (Fsp3) is 0.632. The number of nitrogens with zero attached hydrogens (tertiary/aromatic N) is 3. The molecular formula is C19H25N3O2S. The van der Waals surface area contributed by atoms with Crippen molar-refractivity contribution in [2.24, 2.45) is 0 Å². The van der Waals surface area contributed by atoms with Crippen molar-refractivity contribution >= 4 is 27.5 Å². The zero-order valence-corrected chi connectivity index (χ0v) is 15.6. The van der Waals surface area contributed by atoms with E-state index < -0.39 is 0 Å². The van der Waals surface area contributed by atoms with Gasteiger partial charge in [0, 0.05) is 18.0 Å². The number of fused-ring (bicyclic) bond motifs is 3. The maximum absolute atomic E-state index is 13.0. The number of hydrogen-bond donors (Lipinski definition) is 0. The lowest BCUT2D eigenvalue weighted by Crippen LogP contribution is -2.41. The number of aryl methyl sites for hydroxylation is 2. The highest BCUT2D eigenvalue weighted by atomic mass is 32.1. The molecule has 0 aromatic carbocycles. The number of carbonyl (C=O) groups excluding carboxylic acids is 1. The van der Waals surface area contributed by atoms with E-state index in [1.807, 2.05) is 11.9 Å². The molecule has 1 amide bonds. The first kappa shape index (κ1) is 16.8. The number of carbonyl (C=O) groups is 1. The van der Waals surface area contributed by atoms with Gasteiger partial charge in [0.05, 0.1) is 11.7 Å². The minimum Gasteiger partial charge on any atom is -0.341 e. The Balaban J connectivity index is 1.60. The van der Waals surface area contributed by atoms with Crippen molar-refractivity contribution in [2.75, 3.05) is 7.05 Å². The fourth-order valence-corrected chi connectivity index (χ4v) is 5.44. The van der Waals surface area contributed by atoms with Gasteiger partial charge in [-0.2, -0.15) is 0 Å². The van der Waals surface area contributed by atoms with E-state index >= 15 is 0 Å². The lowest BCUT2D eigenvalue weighted by molar-refractivity contribution is -0.133. The smallest absolute Gasteiger partial charge is 0.262 e. The zero-order valence-electron chi connectivity index (χ0n) is 14.8. The first-order chi connectivity index (χ1) is 12.1. The van der Waals surface area contributed by atoms with Gasteiger partial charge in [-0.05, 0) is 44.1 Å². The highest BCUT2D eigenvalue weighted by Crippen LogP contribution is 2.33. The van der Waals surface area contributed by atoms with Gasteiger partial charge in [-0.15, -0.1) is 11.3 Å². The molecule has 1 fully saturated rings. The molecule has 0 atom stereocenters. The van der Waals surface area contributed by atoms with Crippen LogP contribution in [0.4, 0.5) is 0 Å². The molecule has 25 heavy (non-hydrogen) atoms. The van der Waals surface area contributed by atoms with Gasteiger partial charge in [-0.25, -0.2) is 4.98 Å². The molecule has 0 unspecified atom stereocenters. The Bertz CT molecular complexity index is 848. The second-order valence-corrected chi connectivity index (χ2v) is 8.45. The Hall–Kier alpha value is -1.69. The van der Waals surface area contributed by atoms with E-state index in [9.17, 15) is 9.59 Å². The third-order valence-corrected chi connectivity index (χ3v) is 6.96. The van der Waals surface area contributed by atoms with Gasteiger partial charge in [0.2, 0.25) is 5.91 Å². The average molecular weight is 359 g/mol. The van der Waals surface area contributed by atoms with Crippen LogP contribution in [0.3, 0.4) is 0 Å². The van der Waals surface area contributed by atoms with Crippen molar-refractivity contribution in [3.8, 4) is 0 Å². The summed E-state index contributed by atoms with van der Waals surface area (Å²) in [5.74, 6) is 0.0132. The maximum atomic E-state index is 13.0. The summed E-state index contributed by atoms with van der Waals surface area (Å²) < 4.78 is 1.51. The van der Waals surface area contributed by atoms with Crippen molar-refractivity contribution in [1.29, 1.82) is 0 Å². The summed E-state index contributed by atoms with van der Waals surface area (Å²) in [4.78, 5) is 34.1. The highest BCUT2D eigenvalue weighted by molar-refractivity contribution is 7.18. The summed E-state index contributed by atoms with van der Waals surface area (Å²) in [6, 6.07) is 0.322. The molecule has 2 aromatic rings. The number of amides is 1. The van der Waals surface area contributed by atoms with Crippen LogP contribution in [-0.4, -0.2) is 33.4 Å². The molecule has 0 N–H and O–H groups in total. The van der Waals surface area contributed by atoms with Gasteiger partial charge in [0.25, 0.3) is 5.56 Å². The summed E-state index contributed by atoms with van der Waals surface area (Å²) in [5, 5.41) is 0.760. The number of aromatic nitrogens is 2. The minimum atomic E-state index is -0.0465. The van der Waals surface area contributed by atoms with Crippen LogP contribution in [0.25, 0.3) is 10.2 Å². The van der Waals surface area contributed by atoms with Crippen molar-refractivity contribution in [2.45, 2.75) is 70.4 Å². The molecule has 2 aliphatic carbocycles. The molecule has 2 aromatic heterocycles. The Morgan fingerprint density at radius 1 is 1.24 bits per heavy atom. The maximum Gasteiger partial charge on any atom is 0.262 e. The van der Waals surface area contributed by atoms with Gasteiger partial charge in [-0.3, -0.25) is 14.2 Å². The Morgan fingerprint density at radius 3 is 2.80 bits per heavy atom. The second-order valence-electron chi connectivity index (χ2n) is 7.37. The molecule has 2 aliphatic rings. The van der Waals surface area contributed by atoms with Crippen molar-refractivity contribution in [3.05, 3.63) is 27.1 Å². The molecule has 134 valence electrons. The van der Waals surface area contributed by atoms with Crippen LogP contribution in [0, 0.1) is 0 Å². The Kier molecular flexibility index (Phi) is 4.63. The van der Waals surface area contributed by atoms with Gasteiger partial charge >= 0.3 is 0 Å². The van der Waals surface area contributed by atoms with Gasteiger partial charge in [0.15, 0.2) is 0 Å². The second kappa shape index (κ2) is 6.90. The Morgan fingerprint density at radius 2 is 2.00 bits per heavy atom. The third-order valence-electron chi connectivity index (χ3n) is 5.76. The van der Waals surface area contributed by atoms with Crippen LogP contribution in [0.15, 0.2) is 11.1 Å². The summed E-state index contributed by atoms with van der Waals surface area (Å²) in [6.07, 6.45) is 11.7. The number of thiophene rings is 1. The molecule has 1 saturated carbocycles. The van der Waals surface area contributed by atoms with Gasteiger partial charge in [-0.1, -0.05) is 19.3 Å². The van der Waals surface area contributed by atoms with E-state index in [4.69, 9.17) is 0 Å². The Labute approximate surface area is 151 Å². The molecule has 6 heteroatoms. The van der Waals surface area contributed by atoms with Crippen LogP contribution in [0.1, 0.15) is 55.4 Å². The average Bonchev–Trinajstić information content (AvgIpc) is 3.03. The summed E-state index contributed by atoms with van der Waals surface area (Å²) in [7, 11) is 1.88. The fourth-order valence-electron chi connectivity index (χ4n) is 4.22. The molecule has 2 heterocycles. The van der Waals surface area contributed by atoms with E-state index in [0.717, 1.165) is 42.3 Å². The first-order valence-corrected chi connectivity index (χ1v) is 10.2. The quantitative estimate of drug-likeness (QED) is 0.846. The van der Waals surface area contributed by atoms with Crippen LogP contribution in [0.5, 0.6) is 0 Å². The van der Waals surface area contributed by atoms with Crippen LogP contribution >= 0.6 is 11.3 Å². The van der Waals surface area contributed by atoms with E-state index in [-0.39, 0.29) is 18.0 Å². The van der Waals surface area contributed by atoms with E-state index in [1.54, 1.807) is 17.7 Å². The predicted octanol–water partition coefficient (Wildman–Crippen LogP) is 3.13. The number of rotatable bonds is 3. The third kappa shape index (κ3) is 3.12. The SMILES string of the molecule is CN(C(=O)Cn1cnc2sc3c(c2c1=O)CCCC3)C1CCCCC1. The lowest BCUT2D eigenvalue weighted by atomic mass is 9.94. The molecule has 0 saturated heterocycles. The monoisotopic (exact) mass is 359 g/mol. The van der Waals surface area contributed by atoms with Crippen LogP contribution in [0.2, 0.25) is 0 Å². The van der Waals surface area contributed by atoms with Crippen molar-refractivity contribution in [3.63, 3.8) is 0 Å².